The maximum absolute atomic E-state index is 11.3. The third kappa shape index (κ3) is 3.68. The van der Waals surface area contributed by atoms with Crippen LogP contribution in [0.25, 0.3) is 0 Å². The van der Waals surface area contributed by atoms with Crippen LogP contribution in [0.4, 0.5) is 0 Å². The van der Waals surface area contributed by atoms with E-state index in [1.165, 1.54) is 12.1 Å². The number of terminal acetylenes is 1. The van der Waals surface area contributed by atoms with Crippen LogP contribution in [-0.4, -0.2) is 16.2 Å². The maximum atomic E-state index is 11.3. The molecule has 0 atom stereocenters. The molecule has 0 aliphatic rings. The van der Waals surface area contributed by atoms with Crippen molar-refractivity contribution in [1.82, 2.24) is 0 Å². The summed E-state index contributed by atoms with van der Waals surface area (Å²) >= 11 is 6.74. The lowest BCUT2D eigenvalue weighted by Gasteiger charge is -2.18. The molecule has 2 aromatic carbocycles. The number of aromatic carboxylic acids is 1. The van der Waals surface area contributed by atoms with Crippen LogP contribution in [-0.2, 0) is 0 Å². The summed E-state index contributed by atoms with van der Waals surface area (Å²) in [7, 11) is 0. The van der Waals surface area contributed by atoms with E-state index in [-0.39, 0.29) is 17.2 Å². The van der Waals surface area contributed by atoms with Crippen LogP contribution >= 0.6 is 31.9 Å². The Bertz CT molecular complexity index is 896. The maximum Gasteiger partial charge on any atom is 0.336 e. The monoisotopic (exact) mass is 466 g/mol. The Morgan fingerprint density at radius 1 is 1.32 bits per heavy atom. The van der Waals surface area contributed by atoms with Gasteiger partial charge in [-0.25, -0.2) is 4.79 Å². The van der Waals surface area contributed by atoms with Crippen LogP contribution in [0.2, 0.25) is 0 Å². The zero-order valence-corrected chi connectivity index (χ0v) is 17.0. The highest BCUT2D eigenvalue weighted by molar-refractivity contribution is 9.11. The molecule has 0 heterocycles. The second-order valence-corrected chi connectivity index (χ2v) is 7.40. The first-order chi connectivity index (χ1) is 11.7. The van der Waals surface area contributed by atoms with Gasteiger partial charge in [0.2, 0.25) is 0 Å². The second kappa shape index (κ2) is 7.51. The van der Waals surface area contributed by atoms with Gasteiger partial charge in [-0.15, -0.1) is 6.42 Å². The van der Waals surface area contributed by atoms with Crippen molar-refractivity contribution in [2.24, 2.45) is 0 Å². The van der Waals surface area contributed by atoms with Crippen LogP contribution < -0.4 is 4.74 Å². The van der Waals surface area contributed by atoms with Crippen molar-refractivity contribution in [3.63, 3.8) is 0 Å². The molecule has 2 aromatic rings. The minimum Gasteiger partial charge on any atom is -0.508 e. The molecule has 0 aliphatic heterocycles. The molecule has 130 valence electrons. The molecular formula is C19H16Br2O4. The molecule has 0 unspecified atom stereocenters. The molecule has 0 aliphatic carbocycles. The van der Waals surface area contributed by atoms with E-state index in [0.29, 0.717) is 37.1 Å². The average molecular weight is 468 g/mol. The smallest absolute Gasteiger partial charge is 0.336 e. The number of phenols is 1. The molecular weight excluding hydrogens is 452 g/mol. The van der Waals surface area contributed by atoms with Gasteiger partial charge in [0.1, 0.15) is 11.5 Å². The third-order valence-corrected chi connectivity index (χ3v) is 5.31. The fraction of sp³-hybridized carbons (Fsp3) is 0.211. The van der Waals surface area contributed by atoms with Crippen LogP contribution in [0.3, 0.4) is 0 Å². The molecule has 0 fully saturated rings. The summed E-state index contributed by atoms with van der Waals surface area (Å²) < 4.78 is 6.97. The average Bonchev–Trinajstić information content (AvgIpc) is 2.54. The number of halogens is 2. The highest BCUT2D eigenvalue weighted by Crippen LogP contribution is 2.43. The molecule has 25 heavy (non-hydrogen) atoms. The van der Waals surface area contributed by atoms with E-state index in [1.54, 1.807) is 13.0 Å². The highest BCUT2D eigenvalue weighted by Gasteiger charge is 2.21. The third-order valence-electron chi connectivity index (χ3n) is 3.77. The van der Waals surface area contributed by atoms with Crippen LogP contribution in [0, 0.1) is 19.3 Å². The summed E-state index contributed by atoms with van der Waals surface area (Å²) in [6.07, 6.45) is 5.64. The quantitative estimate of drug-likeness (QED) is 0.556. The Hall–Kier alpha value is -1.97. The second-order valence-electron chi connectivity index (χ2n) is 5.75. The number of benzene rings is 2. The van der Waals surface area contributed by atoms with Crippen LogP contribution in [0.5, 0.6) is 17.2 Å². The molecule has 2 N–H and O–H groups in total. The van der Waals surface area contributed by atoms with Gasteiger partial charge in [0.15, 0.2) is 5.75 Å². The van der Waals surface area contributed by atoms with E-state index in [4.69, 9.17) is 11.2 Å². The molecule has 4 nitrogen and oxygen atoms in total. The van der Waals surface area contributed by atoms with Gasteiger partial charge < -0.3 is 14.9 Å². The number of ether oxygens (including phenoxy) is 1. The number of hydrogen-bond donors (Lipinski definition) is 2. The minimum absolute atomic E-state index is 0.0117. The summed E-state index contributed by atoms with van der Waals surface area (Å²) in [5.74, 6) is 2.51. The van der Waals surface area contributed by atoms with Gasteiger partial charge in [0, 0.05) is 5.56 Å². The number of carbonyl (C=O) groups is 1. The highest BCUT2D eigenvalue weighted by atomic mass is 79.9. The number of hydrogen-bond acceptors (Lipinski definition) is 3. The largest absolute Gasteiger partial charge is 0.508 e. The van der Waals surface area contributed by atoms with Gasteiger partial charge >= 0.3 is 5.97 Å². The first-order valence-corrected chi connectivity index (χ1v) is 8.99. The van der Waals surface area contributed by atoms with Crippen molar-refractivity contribution in [2.45, 2.75) is 26.7 Å². The molecule has 2 rings (SSSR count). The van der Waals surface area contributed by atoms with Crippen molar-refractivity contribution in [3.8, 4) is 29.6 Å². The lowest BCUT2D eigenvalue weighted by atomic mass is 9.95. The van der Waals surface area contributed by atoms with Gasteiger partial charge in [-0.3, -0.25) is 0 Å². The predicted molar refractivity (Wildman–Crippen MR) is 104 cm³/mol. The van der Waals surface area contributed by atoms with E-state index in [9.17, 15) is 15.0 Å². The fourth-order valence-electron chi connectivity index (χ4n) is 2.53. The van der Waals surface area contributed by atoms with E-state index < -0.39 is 5.97 Å². The lowest BCUT2D eigenvalue weighted by molar-refractivity contribution is 0.0696. The summed E-state index contributed by atoms with van der Waals surface area (Å²) in [5, 5.41) is 19.4. The number of carboxylic acid groups (broad SMARTS) is 1. The Morgan fingerprint density at radius 3 is 2.48 bits per heavy atom. The van der Waals surface area contributed by atoms with Gasteiger partial charge in [0.05, 0.1) is 20.1 Å². The molecule has 0 saturated carbocycles. The minimum atomic E-state index is -1.03. The first kappa shape index (κ1) is 19.4. The van der Waals surface area contributed by atoms with E-state index >= 15 is 0 Å². The summed E-state index contributed by atoms with van der Waals surface area (Å²) in [6, 6.07) is 4.61. The van der Waals surface area contributed by atoms with Crippen molar-refractivity contribution in [3.05, 3.63) is 49.4 Å². The molecule has 0 radical (unpaired) electrons. The SMILES string of the molecule is C#Cc1c(Oc2c(Br)cc(C(=O)O)c(C)c2Br)ccc(O)c1C(C)C. The Balaban J connectivity index is 2.63. The predicted octanol–water partition coefficient (Wildman–Crippen LogP) is 5.82. The lowest BCUT2D eigenvalue weighted by Crippen LogP contribution is -2.03. The first-order valence-electron chi connectivity index (χ1n) is 7.41. The van der Waals surface area contributed by atoms with Crippen molar-refractivity contribution >= 4 is 37.8 Å². The fourth-order valence-corrected chi connectivity index (χ4v) is 3.81. The molecule has 6 heteroatoms. The molecule has 0 saturated heterocycles. The Morgan fingerprint density at radius 2 is 1.96 bits per heavy atom. The van der Waals surface area contributed by atoms with Crippen molar-refractivity contribution < 1.29 is 19.7 Å². The summed E-state index contributed by atoms with van der Waals surface area (Å²) in [6.45, 7) is 5.54. The van der Waals surface area contributed by atoms with Gasteiger partial charge in [-0.05, 0) is 68.5 Å². The number of phenolic OH excluding ortho intramolecular Hbond substituents is 1. The van der Waals surface area contributed by atoms with E-state index in [1.807, 2.05) is 13.8 Å². The molecule has 0 amide bonds. The molecule has 0 bridgehead atoms. The summed E-state index contributed by atoms with van der Waals surface area (Å²) in [4.78, 5) is 11.3. The van der Waals surface area contributed by atoms with Crippen molar-refractivity contribution in [2.75, 3.05) is 0 Å². The Labute approximate surface area is 163 Å². The van der Waals surface area contributed by atoms with Crippen LogP contribution in [0.15, 0.2) is 27.1 Å². The summed E-state index contributed by atoms with van der Waals surface area (Å²) in [5.41, 5.74) is 1.80. The van der Waals surface area contributed by atoms with Crippen molar-refractivity contribution in [1.29, 1.82) is 0 Å². The van der Waals surface area contributed by atoms with Gasteiger partial charge in [-0.1, -0.05) is 19.8 Å². The van der Waals surface area contributed by atoms with Gasteiger partial charge in [0.25, 0.3) is 0 Å². The zero-order chi connectivity index (χ0) is 18.9. The Kier molecular flexibility index (Phi) is 5.81. The van der Waals surface area contributed by atoms with Gasteiger partial charge in [-0.2, -0.15) is 0 Å². The normalized spacial score (nSPS) is 10.6. The topological polar surface area (TPSA) is 66.8 Å². The van der Waals surface area contributed by atoms with Crippen LogP contribution in [0.1, 0.15) is 46.8 Å². The number of rotatable bonds is 4. The molecule has 0 spiro atoms. The zero-order valence-electron chi connectivity index (χ0n) is 13.9. The number of aromatic hydroxyl groups is 1. The number of carboxylic acids is 1. The standard InChI is InChI=1S/C19H16Br2O4/c1-5-11-15(7-6-14(22)16(11)9(2)3)25-18-13(20)8-12(19(23)24)10(4)17(18)21/h1,6-9,22H,2-4H3,(H,23,24). The van der Waals surface area contributed by atoms with E-state index in [0.717, 1.165) is 0 Å². The molecule has 0 aromatic heterocycles. The van der Waals surface area contributed by atoms with E-state index in [2.05, 4.69) is 37.8 Å².